The number of rotatable bonds is 3. The fourth-order valence-corrected chi connectivity index (χ4v) is 0.956. The molecule has 3 nitrogen and oxygen atoms in total. The molecule has 0 saturated heterocycles. The summed E-state index contributed by atoms with van der Waals surface area (Å²) in [7, 11) is 0. The molecular formula is C9H14O3. The van der Waals surface area contributed by atoms with Gasteiger partial charge in [-0.15, -0.1) is 6.58 Å². The van der Waals surface area contributed by atoms with Crippen LogP contribution in [0.2, 0.25) is 0 Å². The minimum atomic E-state index is -0.520. The highest BCUT2D eigenvalue weighted by atomic mass is 16.7. The second-order valence-corrected chi connectivity index (χ2v) is 2.71. The topological polar surface area (TPSA) is 38.7 Å². The van der Waals surface area contributed by atoms with Crippen LogP contribution in [-0.4, -0.2) is 30.2 Å². The summed E-state index contributed by atoms with van der Waals surface area (Å²) in [5.74, 6) is 0. The van der Waals surface area contributed by atoms with Crippen LogP contribution in [0.4, 0.5) is 0 Å². The zero-order valence-electron chi connectivity index (χ0n) is 7.14. The minimum absolute atomic E-state index is 0.204. The Morgan fingerprint density at radius 2 is 2.42 bits per heavy atom. The lowest BCUT2D eigenvalue weighted by Gasteiger charge is -2.26. The third-order valence-corrected chi connectivity index (χ3v) is 1.67. The first-order chi connectivity index (χ1) is 5.74. The normalized spacial score (nSPS) is 35.0. The maximum Gasteiger partial charge on any atom is 0.177 e. The Kier molecular flexibility index (Phi) is 3.47. The number of hydrogen-bond acceptors (Lipinski definition) is 3. The van der Waals surface area contributed by atoms with Crippen LogP contribution in [0.15, 0.2) is 24.8 Å². The van der Waals surface area contributed by atoms with Gasteiger partial charge in [-0.05, 0) is 13.0 Å². The SMILES string of the molecule is C=CCO[C@H]1C=C[C@@H](O)[C@H](C)O1. The summed E-state index contributed by atoms with van der Waals surface area (Å²) >= 11 is 0. The van der Waals surface area contributed by atoms with Crippen LogP contribution in [0.25, 0.3) is 0 Å². The molecular weight excluding hydrogens is 156 g/mol. The molecule has 0 aromatic carbocycles. The van der Waals surface area contributed by atoms with E-state index in [2.05, 4.69) is 6.58 Å². The molecule has 68 valence electrons. The van der Waals surface area contributed by atoms with Gasteiger partial charge in [0, 0.05) is 0 Å². The average molecular weight is 170 g/mol. The van der Waals surface area contributed by atoms with Crippen LogP contribution >= 0.6 is 0 Å². The van der Waals surface area contributed by atoms with Crippen molar-refractivity contribution >= 4 is 0 Å². The summed E-state index contributed by atoms with van der Waals surface area (Å²) in [6.45, 7) is 5.79. The molecule has 12 heavy (non-hydrogen) atoms. The van der Waals surface area contributed by atoms with Gasteiger partial charge in [0.05, 0.1) is 18.8 Å². The van der Waals surface area contributed by atoms with E-state index in [-0.39, 0.29) is 12.4 Å². The van der Waals surface area contributed by atoms with Gasteiger partial charge in [-0.2, -0.15) is 0 Å². The van der Waals surface area contributed by atoms with E-state index in [1.165, 1.54) is 0 Å². The summed E-state index contributed by atoms with van der Waals surface area (Å²) in [6, 6.07) is 0. The van der Waals surface area contributed by atoms with Gasteiger partial charge in [-0.3, -0.25) is 0 Å². The minimum Gasteiger partial charge on any atom is -0.386 e. The molecule has 0 fully saturated rings. The quantitative estimate of drug-likeness (QED) is 0.638. The van der Waals surface area contributed by atoms with E-state index in [4.69, 9.17) is 9.47 Å². The molecule has 0 radical (unpaired) electrons. The molecule has 1 aliphatic rings. The van der Waals surface area contributed by atoms with Crippen molar-refractivity contribution < 1.29 is 14.6 Å². The van der Waals surface area contributed by atoms with E-state index in [0.717, 1.165) is 0 Å². The molecule has 0 saturated carbocycles. The van der Waals surface area contributed by atoms with Gasteiger partial charge in [0.1, 0.15) is 0 Å². The number of aliphatic hydroxyl groups is 1. The highest BCUT2D eigenvalue weighted by Crippen LogP contribution is 2.13. The lowest BCUT2D eigenvalue weighted by atomic mass is 10.2. The zero-order chi connectivity index (χ0) is 8.97. The van der Waals surface area contributed by atoms with Crippen LogP contribution in [0.5, 0.6) is 0 Å². The van der Waals surface area contributed by atoms with Crippen molar-refractivity contribution in [2.24, 2.45) is 0 Å². The molecule has 0 unspecified atom stereocenters. The van der Waals surface area contributed by atoms with Crippen molar-refractivity contribution in [3.05, 3.63) is 24.8 Å². The van der Waals surface area contributed by atoms with Gasteiger partial charge >= 0.3 is 0 Å². The van der Waals surface area contributed by atoms with Gasteiger partial charge in [0.2, 0.25) is 0 Å². The van der Waals surface area contributed by atoms with Crippen LogP contribution in [0, 0.1) is 0 Å². The predicted molar refractivity (Wildman–Crippen MR) is 45.6 cm³/mol. The summed E-state index contributed by atoms with van der Waals surface area (Å²) in [5.41, 5.74) is 0. The summed E-state index contributed by atoms with van der Waals surface area (Å²) < 4.78 is 10.5. The standard InChI is InChI=1S/C9H14O3/c1-3-6-11-9-5-4-8(10)7(2)12-9/h3-5,7-10H,1,6H2,2H3/t7-,8+,9+/m0/s1. The Morgan fingerprint density at radius 3 is 3.00 bits per heavy atom. The highest BCUT2D eigenvalue weighted by Gasteiger charge is 2.21. The van der Waals surface area contributed by atoms with E-state index in [0.29, 0.717) is 6.61 Å². The monoisotopic (exact) mass is 170 g/mol. The van der Waals surface area contributed by atoms with E-state index in [9.17, 15) is 5.11 Å². The second-order valence-electron chi connectivity index (χ2n) is 2.71. The maximum absolute atomic E-state index is 9.23. The number of ether oxygens (including phenoxy) is 2. The number of aliphatic hydroxyl groups excluding tert-OH is 1. The molecule has 0 bridgehead atoms. The molecule has 1 heterocycles. The van der Waals surface area contributed by atoms with Gasteiger partial charge < -0.3 is 14.6 Å². The van der Waals surface area contributed by atoms with Gasteiger partial charge in [-0.1, -0.05) is 12.2 Å². The largest absolute Gasteiger partial charge is 0.386 e. The van der Waals surface area contributed by atoms with E-state index in [1.807, 2.05) is 0 Å². The Balaban J connectivity index is 2.38. The lowest BCUT2D eigenvalue weighted by Crippen LogP contribution is -2.34. The molecule has 0 aliphatic carbocycles. The van der Waals surface area contributed by atoms with Crippen molar-refractivity contribution in [3.8, 4) is 0 Å². The van der Waals surface area contributed by atoms with Gasteiger partial charge in [-0.25, -0.2) is 0 Å². The third kappa shape index (κ3) is 2.44. The Labute approximate surface area is 72.3 Å². The van der Waals surface area contributed by atoms with Crippen molar-refractivity contribution in [1.82, 2.24) is 0 Å². The van der Waals surface area contributed by atoms with Crippen molar-refractivity contribution in [3.63, 3.8) is 0 Å². The molecule has 3 atom stereocenters. The third-order valence-electron chi connectivity index (χ3n) is 1.67. The molecule has 0 aromatic heterocycles. The molecule has 0 amide bonds. The summed E-state index contributed by atoms with van der Waals surface area (Å²) in [4.78, 5) is 0. The first kappa shape index (κ1) is 9.45. The Bertz CT molecular complexity index is 177. The number of hydrogen-bond donors (Lipinski definition) is 1. The van der Waals surface area contributed by atoms with E-state index >= 15 is 0 Å². The van der Waals surface area contributed by atoms with Crippen LogP contribution in [0.3, 0.4) is 0 Å². The van der Waals surface area contributed by atoms with Crippen molar-refractivity contribution in [2.45, 2.75) is 25.4 Å². The van der Waals surface area contributed by atoms with Crippen molar-refractivity contribution in [2.75, 3.05) is 6.61 Å². The van der Waals surface area contributed by atoms with E-state index in [1.54, 1.807) is 25.2 Å². The van der Waals surface area contributed by atoms with Gasteiger partial charge in [0.25, 0.3) is 0 Å². The van der Waals surface area contributed by atoms with Crippen molar-refractivity contribution in [1.29, 1.82) is 0 Å². The Hall–Kier alpha value is -0.640. The molecule has 1 N–H and O–H groups in total. The summed E-state index contributed by atoms with van der Waals surface area (Å²) in [5, 5.41) is 9.23. The molecule has 1 rings (SSSR count). The second kappa shape index (κ2) is 4.40. The molecule has 0 spiro atoms. The van der Waals surface area contributed by atoms with Crippen LogP contribution in [0.1, 0.15) is 6.92 Å². The fourth-order valence-electron chi connectivity index (χ4n) is 0.956. The van der Waals surface area contributed by atoms with Gasteiger partial charge in [0.15, 0.2) is 6.29 Å². The average Bonchev–Trinajstić information content (AvgIpc) is 2.07. The Morgan fingerprint density at radius 1 is 1.67 bits per heavy atom. The van der Waals surface area contributed by atoms with E-state index < -0.39 is 6.10 Å². The zero-order valence-corrected chi connectivity index (χ0v) is 7.14. The molecule has 3 heteroatoms. The van der Waals surface area contributed by atoms with Crippen LogP contribution < -0.4 is 0 Å². The summed E-state index contributed by atoms with van der Waals surface area (Å²) in [6.07, 6.45) is 3.97. The predicted octanol–water partition coefficient (Wildman–Crippen LogP) is 0.851. The molecule has 0 aromatic rings. The smallest absolute Gasteiger partial charge is 0.177 e. The first-order valence-electron chi connectivity index (χ1n) is 3.98. The van der Waals surface area contributed by atoms with Crippen LogP contribution in [-0.2, 0) is 9.47 Å². The maximum atomic E-state index is 9.23. The molecule has 1 aliphatic heterocycles. The first-order valence-corrected chi connectivity index (χ1v) is 3.98. The highest BCUT2D eigenvalue weighted by molar-refractivity contribution is 4.98. The fraction of sp³-hybridized carbons (Fsp3) is 0.556. The lowest BCUT2D eigenvalue weighted by molar-refractivity contribution is -0.159.